The molecule has 0 spiro atoms. The standard InChI is InChI=1S/C16H22O8S/c1-3-5-10-6-4-7-12(9(10)2)25(21,22)24-15-14(19)13(18)11(8-17)23-16(15)20/h3-4,6-7,11,13-20H,1,5,8H2,2H3/t11-,13-,14+,15-,16-/m1/s1. The van der Waals surface area contributed by atoms with Crippen LogP contribution in [0.4, 0.5) is 0 Å². The van der Waals surface area contributed by atoms with Crippen LogP contribution < -0.4 is 0 Å². The van der Waals surface area contributed by atoms with Gasteiger partial charge in [0.15, 0.2) is 12.4 Å². The molecule has 1 aromatic rings. The summed E-state index contributed by atoms with van der Waals surface area (Å²) in [6, 6.07) is 4.63. The summed E-state index contributed by atoms with van der Waals surface area (Å²) in [6.45, 7) is 4.57. The minimum atomic E-state index is -4.35. The van der Waals surface area contributed by atoms with Crippen molar-refractivity contribution < 1.29 is 37.8 Å². The molecule has 0 unspecified atom stereocenters. The van der Waals surface area contributed by atoms with E-state index in [1.54, 1.807) is 25.1 Å². The van der Waals surface area contributed by atoms with Gasteiger partial charge in [0.25, 0.3) is 10.1 Å². The van der Waals surface area contributed by atoms with Gasteiger partial charge in [0.2, 0.25) is 0 Å². The lowest BCUT2D eigenvalue weighted by atomic mass is 9.99. The second-order valence-electron chi connectivity index (χ2n) is 5.78. The Kier molecular flexibility index (Phi) is 6.33. The molecule has 1 aliphatic heterocycles. The lowest BCUT2D eigenvalue weighted by Crippen LogP contribution is -2.59. The quantitative estimate of drug-likeness (QED) is 0.377. The highest BCUT2D eigenvalue weighted by Crippen LogP contribution is 2.28. The van der Waals surface area contributed by atoms with E-state index in [9.17, 15) is 23.7 Å². The Balaban J connectivity index is 2.30. The molecule has 1 aliphatic rings. The first kappa shape index (κ1) is 20.0. The largest absolute Gasteiger partial charge is 0.394 e. The molecule has 5 atom stereocenters. The van der Waals surface area contributed by atoms with Crippen molar-refractivity contribution in [3.63, 3.8) is 0 Å². The van der Waals surface area contributed by atoms with E-state index < -0.39 is 47.4 Å². The Bertz CT molecular complexity index is 717. The highest BCUT2D eigenvalue weighted by atomic mass is 32.2. The third kappa shape index (κ3) is 4.09. The van der Waals surface area contributed by atoms with Crippen molar-refractivity contribution in [3.05, 3.63) is 42.0 Å². The summed E-state index contributed by atoms with van der Waals surface area (Å²) < 4.78 is 35.0. The van der Waals surface area contributed by atoms with Crippen LogP contribution in [0.2, 0.25) is 0 Å². The Hall–Kier alpha value is -1.33. The van der Waals surface area contributed by atoms with Crippen molar-refractivity contribution >= 4 is 10.1 Å². The van der Waals surface area contributed by atoms with Crippen LogP contribution in [0.1, 0.15) is 11.1 Å². The SMILES string of the molecule is C=CCc1cccc(S(=O)(=O)O[C@@H]2[C@@H](O)[C@H](O)[C@@H](CO)O[C@H]2O)c1C. The molecule has 9 heteroatoms. The average Bonchev–Trinajstić information content (AvgIpc) is 2.57. The fraction of sp³-hybridized carbons (Fsp3) is 0.500. The van der Waals surface area contributed by atoms with Gasteiger partial charge in [-0.15, -0.1) is 6.58 Å². The molecule has 0 aliphatic carbocycles. The van der Waals surface area contributed by atoms with Gasteiger partial charge in [-0.05, 0) is 30.5 Å². The topological polar surface area (TPSA) is 134 Å². The zero-order valence-corrected chi connectivity index (χ0v) is 14.5. The van der Waals surface area contributed by atoms with Crippen LogP contribution >= 0.6 is 0 Å². The predicted molar refractivity (Wildman–Crippen MR) is 87.1 cm³/mol. The summed E-state index contributed by atoms with van der Waals surface area (Å²) >= 11 is 0. The molecule has 0 aromatic heterocycles. The maximum absolute atomic E-state index is 12.6. The maximum Gasteiger partial charge on any atom is 0.297 e. The lowest BCUT2D eigenvalue weighted by molar-refractivity contribution is -0.279. The molecule has 4 N–H and O–H groups in total. The molecule has 0 bridgehead atoms. The van der Waals surface area contributed by atoms with Crippen LogP contribution in [-0.4, -0.2) is 66.2 Å². The zero-order valence-electron chi connectivity index (χ0n) is 13.6. The third-order valence-corrected chi connectivity index (χ3v) is 5.57. The van der Waals surface area contributed by atoms with Gasteiger partial charge in [-0.1, -0.05) is 18.2 Å². The van der Waals surface area contributed by atoms with E-state index in [0.29, 0.717) is 12.0 Å². The molecule has 1 fully saturated rings. The first-order valence-corrected chi connectivity index (χ1v) is 9.07. The number of allylic oxidation sites excluding steroid dienone is 1. The minimum absolute atomic E-state index is 0.120. The van der Waals surface area contributed by atoms with Gasteiger partial charge < -0.3 is 25.2 Å². The van der Waals surface area contributed by atoms with E-state index in [4.69, 9.17) is 14.0 Å². The summed E-state index contributed by atoms with van der Waals surface area (Å²) in [5.74, 6) is 0. The van der Waals surface area contributed by atoms with Crippen LogP contribution in [-0.2, 0) is 25.5 Å². The van der Waals surface area contributed by atoms with Gasteiger partial charge in [-0.3, -0.25) is 4.18 Å². The summed E-state index contributed by atoms with van der Waals surface area (Å²) in [5, 5.41) is 38.8. The van der Waals surface area contributed by atoms with Crippen molar-refractivity contribution in [1.29, 1.82) is 0 Å². The third-order valence-electron chi connectivity index (χ3n) is 4.11. The molecule has 2 rings (SSSR count). The molecule has 1 saturated heterocycles. The van der Waals surface area contributed by atoms with Crippen LogP contribution in [0.25, 0.3) is 0 Å². The maximum atomic E-state index is 12.6. The second kappa shape index (κ2) is 7.92. The van der Waals surface area contributed by atoms with E-state index in [1.165, 1.54) is 6.07 Å². The molecule has 0 saturated carbocycles. The second-order valence-corrected chi connectivity index (χ2v) is 7.32. The molecule has 25 heavy (non-hydrogen) atoms. The molecular formula is C16H22O8S. The van der Waals surface area contributed by atoms with E-state index in [0.717, 1.165) is 5.56 Å². The van der Waals surface area contributed by atoms with Crippen molar-refractivity contribution in [3.8, 4) is 0 Å². The molecule has 1 aromatic carbocycles. The van der Waals surface area contributed by atoms with Gasteiger partial charge in [0, 0.05) is 0 Å². The van der Waals surface area contributed by atoms with Crippen LogP contribution in [0.5, 0.6) is 0 Å². The average molecular weight is 374 g/mol. The van der Waals surface area contributed by atoms with Gasteiger partial charge in [-0.2, -0.15) is 8.42 Å². The number of benzene rings is 1. The number of aliphatic hydroxyl groups is 4. The number of aliphatic hydroxyl groups excluding tert-OH is 4. The van der Waals surface area contributed by atoms with Gasteiger partial charge in [0.1, 0.15) is 18.3 Å². The highest BCUT2D eigenvalue weighted by molar-refractivity contribution is 7.86. The van der Waals surface area contributed by atoms with Crippen molar-refractivity contribution in [1.82, 2.24) is 0 Å². The Labute approximate surface area is 146 Å². The van der Waals surface area contributed by atoms with Gasteiger partial charge in [-0.25, -0.2) is 0 Å². The van der Waals surface area contributed by atoms with E-state index >= 15 is 0 Å². The minimum Gasteiger partial charge on any atom is -0.394 e. The number of rotatable bonds is 6. The first-order chi connectivity index (χ1) is 11.7. The number of hydrogen-bond donors (Lipinski definition) is 4. The van der Waals surface area contributed by atoms with Crippen molar-refractivity contribution in [2.24, 2.45) is 0 Å². The van der Waals surface area contributed by atoms with Crippen molar-refractivity contribution in [2.45, 2.75) is 48.9 Å². The van der Waals surface area contributed by atoms with E-state index in [-0.39, 0.29) is 4.90 Å². The molecule has 8 nitrogen and oxygen atoms in total. The molecule has 0 radical (unpaired) electrons. The molecule has 0 amide bonds. The zero-order chi connectivity index (χ0) is 18.8. The van der Waals surface area contributed by atoms with Crippen LogP contribution in [0.15, 0.2) is 35.7 Å². The first-order valence-electron chi connectivity index (χ1n) is 7.66. The Morgan fingerprint density at radius 2 is 1.96 bits per heavy atom. The van der Waals surface area contributed by atoms with Crippen LogP contribution in [0, 0.1) is 6.92 Å². The number of hydrogen-bond acceptors (Lipinski definition) is 8. The van der Waals surface area contributed by atoms with Gasteiger partial charge in [0.05, 0.1) is 11.5 Å². The molecular weight excluding hydrogens is 352 g/mol. The fourth-order valence-corrected chi connectivity index (χ4v) is 4.04. The molecule has 140 valence electrons. The normalized spacial score (nSPS) is 30.2. The Morgan fingerprint density at radius 3 is 2.56 bits per heavy atom. The fourth-order valence-electron chi connectivity index (χ4n) is 2.68. The van der Waals surface area contributed by atoms with Gasteiger partial charge >= 0.3 is 0 Å². The Morgan fingerprint density at radius 1 is 1.28 bits per heavy atom. The summed E-state index contributed by atoms with van der Waals surface area (Å²) in [4.78, 5) is -0.120. The number of ether oxygens (including phenoxy) is 1. The summed E-state index contributed by atoms with van der Waals surface area (Å²) in [5.41, 5.74) is 1.19. The monoisotopic (exact) mass is 374 g/mol. The summed E-state index contributed by atoms with van der Waals surface area (Å²) in [6.07, 6.45) is -6.08. The van der Waals surface area contributed by atoms with Crippen LogP contribution in [0.3, 0.4) is 0 Å². The lowest BCUT2D eigenvalue weighted by Gasteiger charge is -2.39. The van der Waals surface area contributed by atoms with Crippen molar-refractivity contribution in [2.75, 3.05) is 6.61 Å². The highest BCUT2D eigenvalue weighted by Gasteiger charge is 2.46. The smallest absolute Gasteiger partial charge is 0.297 e. The summed E-state index contributed by atoms with van der Waals surface area (Å²) in [7, 11) is -4.35. The predicted octanol–water partition coefficient (Wildman–Crippen LogP) is -0.771. The molecule has 1 heterocycles. The van der Waals surface area contributed by atoms with E-state index in [2.05, 4.69) is 6.58 Å². The van der Waals surface area contributed by atoms with E-state index in [1.807, 2.05) is 0 Å².